The number of phosphoric acid groups is 1. The topological polar surface area (TPSA) is 44.8 Å². The van der Waals surface area contributed by atoms with Crippen molar-refractivity contribution in [1.82, 2.24) is 0 Å². The second kappa shape index (κ2) is 15.9. The van der Waals surface area contributed by atoms with Gasteiger partial charge in [-0.1, -0.05) is 90.2 Å². The van der Waals surface area contributed by atoms with Crippen LogP contribution in [-0.2, 0) is 13.6 Å². The van der Waals surface area contributed by atoms with Crippen LogP contribution in [0.4, 0.5) is 0 Å². The first-order chi connectivity index (χ1) is 14.0. The Morgan fingerprint density at radius 2 is 1.21 bits per heavy atom. The third-order valence-corrected chi connectivity index (χ3v) is 6.68. The van der Waals surface area contributed by atoms with E-state index in [0.717, 1.165) is 36.8 Å². The van der Waals surface area contributed by atoms with Crippen LogP contribution < -0.4 is 4.52 Å². The van der Waals surface area contributed by atoms with Crippen LogP contribution >= 0.6 is 7.82 Å². The highest BCUT2D eigenvalue weighted by molar-refractivity contribution is 7.48. The maximum absolute atomic E-state index is 13.2. The molecule has 0 unspecified atom stereocenters. The number of rotatable bonds is 18. The summed E-state index contributed by atoms with van der Waals surface area (Å²) in [6.07, 6.45) is 13.8. The Balaban J connectivity index is 2.52. The zero-order valence-corrected chi connectivity index (χ0v) is 20.1. The molecule has 1 aromatic carbocycles. The third kappa shape index (κ3) is 11.8. The van der Waals surface area contributed by atoms with E-state index in [1.165, 1.54) is 51.4 Å². The van der Waals surface area contributed by atoms with Crippen molar-refractivity contribution in [3.05, 3.63) is 29.3 Å². The van der Waals surface area contributed by atoms with Crippen molar-refractivity contribution >= 4 is 7.82 Å². The molecule has 0 aliphatic heterocycles. The van der Waals surface area contributed by atoms with Crippen molar-refractivity contribution in [2.45, 2.75) is 105 Å². The molecule has 0 aliphatic carbocycles. The van der Waals surface area contributed by atoms with Crippen molar-refractivity contribution in [3.63, 3.8) is 0 Å². The van der Waals surface area contributed by atoms with Gasteiger partial charge in [0.05, 0.1) is 13.2 Å². The molecule has 0 N–H and O–H groups in total. The Bertz CT molecular complexity index is 566. The number of phosphoric ester groups is 1. The minimum atomic E-state index is -3.61. The van der Waals surface area contributed by atoms with Gasteiger partial charge in [-0.05, 0) is 43.9 Å². The smallest absolute Gasteiger partial charge is 0.404 e. The molecular formula is C24H43O4P. The molecule has 168 valence electrons. The van der Waals surface area contributed by atoms with E-state index in [2.05, 4.69) is 13.8 Å². The summed E-state index contributed by atoms with van der Waals surface area (Å²) in [7, 11) is -3.61. The van der Waals surface area contributed by atoms with Gasteiger partial charge in [0.15, 0.2) is 0 Å². The first kappa shape index (κ1) is 26.2. The van der Waals surface area contributed by atoms with E-state index in [0.29, 0.717) is 19.0 Å². The fraction of sp³-hybridized carbons (Fsp3) is 0.750. The monoisotopic (exact) mass is 426 g/mol. The fourth-order valence-electron chi connectivity index (χ4n) is 3.15. The van der Waals surface area contributed by atoms with Gasteiger partial charge >= 0.3 is 7.82 Å². The number of unbranched alkanes of at least 4 members (excludes halogenated alkanes) is 10. The molecular weight excluding hydrogens is 383 g/mol. The molecule has 0 amide bonds. The number of aryl methyl sites for hydroxylation is 1. The second-order valence-corrected chi connectivity index (χ2v) is 9.53. The first-order valence-electron chi connectivity index (χ1n) is 11.7. The van der Waals surface area contributed by atoms with Crippen LogP contribution in [0, 0.1) is 13.8 Å². The average molecular weight is 427 g/mol. The van der Waals surface area contributed by atoms with Gasteiger partial charge in [-0.25, -0.2) is 4.57 Å². The van der Waals surface area contributed by atoms with E-state index in [-0.39, 0.29) is 0 Å². The summed E-state index contributed by atoms with van der Waals surface area (Å²) in [5.74, 6) is 0.583. The summed E-state index contributed by atoms with van der Waals surface area (Å²) < 4.78 is 30.4. The maximum Gasteiger partial charge on any atom is 0.530 e. The lowest BCUT2D eigenvalue weighted by molar-refractivity contribution is 0.150. The predicted octanol–water partition coefficient (Wildman–Crippen LogP) is 8.54. The van der Waals surface area contributed by atoms with Gasteiger partial charge in [-0.15, -0.1) is 0 Å². The standard InChI is InChI=1S/C24H43O4P/c1-5-7-9-11-13-15-20-26-29(25,27-21-16-14-12-10-8-6-2)28-24-19-17-18-22(3)23(24)4/h17-19H,5-16,20-21H2,1-4H3. The van der Waals surface area contributed by atoms with Crippen molar-refractivity contribution in [2.24, 2.45) is 0 Å². The van der Waals surface area contributed by atoms with Crippen LogP contribution in [0.25, 0.3) is 0 Å². The highest BCUT2D eigenvalue weighted by atomic mass is 31.2. The van der Waals surface area contributed by atoms with Crippen molar-refractivity contribution in [2.75, 3.05) is 13.2 Å². The van der Waals surface area contributed by atoms with Crippen LogP contribution in [0.15, 0.2) is 18.2 Å². The molecule has 0 atom stereocenters. The highest BCUT2D eigenvalue weighted by Gasteiger charge is 2.29. The Morgan fingerprint density at radius 3 is 1.72 bits per heavy atom. The predicted molar refractivity (Wildman–Crippen MR) is 123 cm³/mol. The molecule has 29 heavy (non-hydrogen) atoms. The molecule has 0 radical (unpaired) electrons. The summed E-state index contributed by atoms with van der Waals surface area (Å²) in [5.41, 5.74) is 2.07. The largest absolute Gasteiger partial charge is 0.530 e. The zero-order valence-electron chi connectivity index (χ0n) is 19.2. The number of hydrogen-bond acceptors (Lipinski definition) is 4. The normalized spacial score (nSPS) is 11.7. The second-order valence-electron chi connectivity index (χ2n) is 7.94. The van der Waals surface area contributed by atoms with E-state index in [9.17, 15) is 4.57 Å². The summed E-state index contributed by atoms with van der Waals surface area (Å²) in [5, 5.41) is 0. The van der Waals surface area contributed by atoms with Crippen LogP contribution in [0.3, 0.4) is 0 Å². The molecule has 4 nitrogen and oxygen atoms in total. The molecule has 1 aromatic rings. The van der Waals surface area contributed by atoms with Gasteiger partial charge in [-0.3, -0.25) is 9.05 Å². The molecule has 0 aromatic heterocycles. The van der Waals surface area contributed by atoms with Crippen LogP contribution in [0.2, 0.25) is 0 Å². The fourth-order valence-corrected chi connectivity index (χ4v) is 4.48. The van der Waals surface area contributed by atoms with Gasteiger partial charge in [0, 0.05) is 0 Å². The molecule has 5 heteroatoms. The number of benzene rings is 1. The van der Waals surface area contributed by atoms with Crippen LogP contribution in [0.1, 0.15) is 102 Å². The Hall–Kier alpha value is -0.830. The van der Waals surface area contributed by atoms with Gasteiger partial charge in [0.1, 0.15) is 5.75 Å². The van der Waals surface area contributed by atoms with Crippen molar-refractivity contribution in [3.8, 4) is 5.75 Å². The molecule has 0 saturated carbocycles. The van der Waals surface area contributed by atoms with Crippen molar-refractivity contribution in [1.29, 1.82) is 0 Å². The first-order valence-corrected chi connectivity index (χ1v) is 13.1. The quantitative estimate of drug-likeness (QED) is 0.174. The lowest BCUT2D eigenvalue weighted by Crippen LogP contribution is -2.06. The SMILES string of the molecule is CCCCCCCCOP(=O)(OCCCCCCCC)Oc1cccc(C)c1C. The van der Waals surface area contributed by atoms with Crippen molar-refractivity contribution < 1.29 is 18.1 Å². The summed E-state index contributed by atoms with van der Waals surface area (Å²) in [4.78, 5) is 0. The Labute approximate surface area is 179 Å². The molecule has 0 heterocycles. The van der Waals surface area contributed by atoms with Crippen LogP contribution in [-0.4, -0.2) is 13.2 Å². The molecule has 0 fully saturated rings. The minimum Gasteiger partial charge on any atom is -0.404 e. The van der Waals surface area contributed by atoms with Gasteiger partial charge in [-0.2, -0.15) is 0 Å². The van der Waals surface area contributed by atoms with Gasteiger partial charge in [0.25, 0.3) is 0 Å². The maximum atomic E-state index is 13.2. The van der Waals surface area contributed by atoms with E-state index >= 15 is 0 Å². The summed E-state index contributed by atoms with van der Waals surface area (Å²) in [6, 6.07) is 5.75. The third-order valence-electron chi connectivity index (χ3n) is 5.26. The highest BCUT2D eigenvalue weighted by Crippen LogP contribution is 2.50. The zero-order chi connectivity index (χ0) is 21.4. The minimum absolute atomic E-state index is 0.408. The summed E-state index contributed by atoms with van der Waals surface area (Å²) >= 11 is 0. The average Bonchev–Trinajstić information content (AvgIpc) is 2.70. The lowest BCUT2D eigenvalue weighted by atomic mass is 10.1. The molecule has 0 bridgehead atoms. The van der Waals surface area contributed by atoms with E-state index in [1.54, 1.807) is 0 Å². The van der Waals surface area contributed by atoms with Gasteiger partial charge in [0.2, 0.25) is 0 Å². The molecule has 0 spiro atoms. The van der Waals surface area contributed by atoms with Gasteiger partial charge < -0.3 is 4.52 Å². The molecule has 0 aliphatic rings. The lowest BCUT2D eigenvalue weighted by Gasteiger charge is -2.20. The Kier molecular flexibility index (Phi) is 14.4. The number of hydrogen-bond donors (Lipinski definition) is 0. The van der Waals surface area contributed by atoms with Crippen LogP contribution in [0.5, 0.6) is 5.75 Å². The molecule has 0 saturated heterocycles. The summed E-state index contributed by atoms with van der Waals surface area (Å²) in [6.45, 7) is 9.23. The van der Waals surface area contributed by atoms with E-state index in [1.807, 2.05) is 32.0 Å². The Morgan fingerprint density at radius 1 is 0.724 bits per heavy atom. The molecule has 1 rings (SSSR count). The van der Waals surface area contributed by atoms with E-state index in [4.69, 9.17) is 13.6 Å². The van der Waals surface area contributed by atoms with E-state index < -0.39 is 7.82 Å².